The molecular formula is C14H21ClN3O2+. The van der Waals surface area contributed by atoms with Gasteiger partial charge in [0.05, 0.1) is 6.54 Å². The van der Waals surface area contributed by atoms with E-state index in [9.17, 15) is 9.59 Å². The van der Waals surface area contributed by atoms with E-state index < -0.39 is 0 Å². The molecule has 3 N–H and O–H groups in total. The molecule has 20 heavy (non-hydrogen) atoms. The molecule has 110 valence electrons. The summed E-state index contributed by atoms with van der Waals surface area (Å²) in [4.78, 5) is 24.4. The van der Waals surface area contributed by atoms with Crippen LogP contribution in [-0.2, 0) is 9.59 Å². The maximum atomic E-state index is 11.6. The van der Waals surface area contributed by atoms with Gasteiger partial charge in [0.25, 0.3) is 5.91 Å². The number of hydrogen-bond donors (Lipinski definition) is 2. The quantitative estimate of drug-likeness (QED) is 0.786. The Labute approximate surface area is 124 Å². The average Bonchev–Trinajstić information content (AvgIpc) is 2.41. The summed E-state index contributed by atoms with van der Waals surface area (Å²) in [6.45, 7) is 2.31. The van der Waals surface area contributed by atoms with E-state index in [1.54, 1.807) is 14.1 Å². The maximum Gasteiger partial charge on any atom is 0.275 e. The Balaban J connectivity index is 2.35. The van der Waals surface area contributed by atoms with Crippen LogP contribution in [0.3, 0.4) is 0 Å². The number of benzene rings is 1. The third kappa shape index (κ3) is 5.59. The Morgan fingerprint density at radius 2 is 2.10 bits per heavy atom. The highest BCUT2D eigenvalue weighted by molar-refractivity contribution is 6.30. The van der Waals surface area contributed by atoms with Crippen molar-refractivity contribution < 1.29 is 14.9 Å². The fourth-order valence-electron chi connectivity index (χ4n) is 1.61. The highest BCUT2D eigenvalue weighted by atomic mass is 35.5. The minimum Gasteiger partial charge on any atom is -0.347 e. The second kappa shape index (κ2) is 7.87. The average molecular weight is 299 g/mol. The van der Waals surface area contributed by atoms with Crippen molar-refractivity contribution in [3.63, 3.8) is 0 Å². The van der Waals surface area contributed by atoms with E-state index in [2.05, 4.69) is 5.32 Å². The number of amides is 2. The van der Waals surface area contributed by atoms with Gasteiger partial charge in [-0.1, -0.05) is 23.7 Å². The second-order valence-corrected chi connectivity index (χ2v) is 5.28. The van der Waals surface area contributed by atoms with E-state index in [0.717, 1.165) is 5.56 Å². The van der Waals surface area contributed by atoms with Crippen molar-refractivity contribution in [1.29, 1.82) is 0 Å². The summed E-state index contributed by atoms with van der Waals surface area (Å²) in [6.07, 6.45) is 0. The summed E-state index contributed by atoms with van der Waals surface area (Å²) in [6, 6.07) is 7.69. The molecule has 0 saturated heterocycles. The smallest absolute Gasteiger partial charge is 0.275 e. The first kappa shape index (κ1) is 16.5. The maximum absolute atomic E-state index is 11.6. The molecule has 0 aliphatic heterocycles. The molecule has 0 aliphatic carbocycles. The van der Waals surface area contributed by atoms with Crippen molar-refractivity contribution in [2.45, 2.75) is 13.0 Å². The van der Waals surface area contributed by atoms with Crippen LogP contribution in [0.5, 0.6) is 0 Å². The Bertz CT molecular complexity index is 477. The van der Waals surface area contributed by atoms with Gasteiger partial charge in [-0.15, -0.1) is 0 Å². The standard InChI is InChI=1S/C14H20ClN3O2/c1-10(11-5-4-6-12(15)7-11)16-8-13(19)17-9-14(20)18(2)3/h4-7,10,16H,8-9H2,1-3H3,(H,17,19)/p+1/t10-/m0/s1. The second-order valence-electron chi connectivity index (χ2n) is 4.85. The van der Waals surface area contributed by atoms with Gasteiger partial charge in [0.2, 0.25) is 5.91 Å². The van der Waals surface area contributed by atoms with E-state index in [0.29, 0.717) is 5.02 Å². The van der Waals surface area contributed by atoms with Crippen molar-refractivity contribution in [3.05, 3.63) is 34.9 Å². The number of halogens is 1. The minimum absolute atomic E-state index is 0.0330. The van der Waals surface area contributed by atoms with Gasteiger partial charge in [0, 0.05) is 24.7 Å². The van der Waals surface area contributed by atoms with Crippen molar-refractivity contribution >= 4 is 23.4 Å². The summed E-state index contributed by atoms with van der Waals surface area (Å²) in [5.41, 5.74) is 1.06. The topological polar surface area (TPSA) is 66.0 Å². The van der Waals surface area contributed by atoms with Crippen LogP contribution in [0.25, 0.3) is 0 Å². The molecule has 1 atom stereocenters. The first-order valence-corrected chi connectivity index (χ1v) is 6.83. The molecule has 6 heteroatoms. The summed E-state index contributed by atoms with van der Waals surface area (Å²) < 4.78 is 0. The van der Waals surface area contributed by atoms with Crippen molar-refractivity contribution in [2.24, 2.45) is 0 Å². The summed E-state index contributed by atoms with van der Waals surface area (Å²) in [5.74, 6) is -0.282. The molecule has 0 radical (unpaired) electrons. The number of likely N-dealkylation sites (N-methyl/N-ethyl adjacent to an activating group) is 1. The third-order valence-electron chi connectivity index (χ3n) is 2.97. The largest absolute Gasteiger partial charge is 0.347 e. The fourth-order valence-corrected chi connectivity index (χ4v) is 1.81. The Morgan fingerprint density at radius 3 is 2.70 bits per heavy atom. The van der Waals surface area contributed by atoms with Gasteiger partial charge >= 0.3 is 0 Å². The van der Waals surface area contributed by atoms with E-state index in [-0.39, 0.29) is 30.9 Å². The van der Waals surface area contributed by atoms with Crippen LogP contribution >= 0.6 is 11.6 Å². The molecule has 0 aliphatic rings. The van der Waals surface area contributed by atoms with Crippen molar-refractivity contribution in [2.75, 3.05) is 27.2 Å². The van der Waals surface area contributed by atoms with Gasteiger partial charge in [0.1, 0.15) is 6.04 Å². The van der Waals surface area contributed by atoms with Crippen LogP contribution in [0.1, 0.15) is 18.5 Å². The Hall–Kier alpha value is -1.59. The molecule has 1 aromatic rings. The van der Waals surface area contributed by atoms with Gasteiger partial charge in [0.15, 0.2) is 6.54 Å². The van der Waals surface area contributed by atoms with Crippen LogP contribution in [0.15, 0.2) is 24.3 Å². The predicted octanol–water partition coefficient (Wildman–Crippen LogP) is 0.169. The van der Waals surface area contributed by atoms with Crippen LogP contribution in [0, 0.1) is 0 Å². The number of carbonyl (C=O) groups is 2. The lowest BCUT2D eigenvalue weighted by molar-refractivity contribution is -0.682. The molecule has 0 fully saturated rings. The fraction of sp³-hybridized carbons (Fsp3) is 0.429. The van der Waals surface area contributed by atoms with Gasteiger partial charge < -0.3 is 15.5 Å². The van der Waals surface area contributed by atoms with Crippen LogP contribution in [0.2, 0.25) is 5.02 Å². The number of carbonyl (C=O) groups excluding carboxylic acids is 2. The summed E-state index contributed by atoms with van der Waals surface area (Å²) in [5, 5.41) is 5.18. The normalized spacial score (nSPS) is 11.8. The van der Waals surface area contributed by atoms with Crippen LogP contribution in [0.4, 0.5) is 0 Å². The van der Waals surface area contributed by atoms with Crippen molar-refractivity contribution in [3.8, 4) is 0 Å². The monoisotopic (exact) mass is 298 g/mol. The van der Waals surface area contributed by atoms with Crippen LogP contribution in [-0.4, -0.2) is 43.9 Å². The molecular weight excluding hydrogens is 278 g/mol. The molecule has 2 amide bonds. The Kier molecular flexibility index (Phi) is 6.48. The predicted molar refractivity (Wildman–Crippen MR) is 78.4 cm³/mol. The first-order valence-electron chi connectivity index (χ1n) is 6.45. The zero-order valence-electron chi connectivity index (χ0n) is 12.0. The molecule has 0 unspecified atom stereocenters. The number of nitrogens with one attached hydrogen (secondary N) is 1. The van der Waals surface area contributed by atoms with E-state index in [1.165, 1.54) is 4.90 Å². The number of nitrogens with two attached hydrogens (primary N) is 1. The third-order valence-corrected chi connectivity index (χ3v) is 3.20. The lowest BCUT2D eigenvalue weighted by Gasteiger charge is -2.13. The zero-order valence-corrected chi connectivity index (χ0v) is 12.8. The number of rotatable bonds is 6. The lowest BCUT2D eigenvalue weighted by Crippen LogP contribution is -2.87. The summed E-state index contributed by atoms with van der Waals surface area (Å²) in [7, 11) is 3.31. The number of hydrogen-bond acceptors (Lipinski definition) is 2. The Morgan fingerprint density at radius 1 is 1.40 bits per heavy atom. The van der Waals surface area contributed by atoms with Crippen molar-refractivity contribution in [1.82, 2.24) is 10.2 Å². The van der Waals surface area contributed by atoms with Crippen LogP contribution < -0.4 is 10.6 Å². The zero-order chi connectivity index (χ0) is 15.1. The van der Waals surface area contributed by atoms with E-state index >= 15 is 0 Å². The molecule has 0 heterocycles. The lowest BCUT2D eigenvalue weighted by atomic mass is 10.1. The van der Waals surface area contributed by atoms with E-state index in [4.69, 9.17) is 11.6 Å². The van der Waals surface area contributed by atoms with E-state index in [1.807, 2.05) is 36.5 Å². The first-order chi connectivity index (χ1) is 9.40. The van der Waals surface area contributed by atoms with Gasteiger partial charge in [-0.05, 0) is 19.1 Å². The van der Waals surface area contributed by atoms with Gasteiger partial charge in [-0.2, -0.15) is 0 Å². The van der Waals surface area contributed by atoms with Gasteiger partial charge in [-0.3, -0.25) is 9.59 Å². The molecule has 1 aromatic carbocycles. The van der Waals surface area contributed by atoms with Gasteiger partial charge in [-0.25, -0.2) is 0 Å². The molecule has 0 saturated carbocycles. The highest BCUT2D eigenvalue weighted by Crippen LogP contribution is 2.14. The molecule has 0 spiro atoms. The molecule has 1 rings (SSSR count). The highest BCUT2D eigenvalue weighted by Gasteiger charge is 2.12. The summed E-state index contributed by atoms with van der Waals surface area (Å²) >= 11 is 5.93. The molecule has 0 bridgehead atoms. The SMILES string of the molecule is C[C@H]([NH2+]CC(=O)NCC(=O)N(C)C)c1cccc(Cl)c1. The molecule has 0 aromatic heterocycles. The molecule has 5 nitrogen and oxygen atoms in total. The minimum atomic E-state index is -0.158. The number of nitrogens with zero attached hydrogens (tertiary/aromatic N) is 1. The number of quaternary nitrogens is 1.